The van der Waals surface area contributed by atoms with E-state index >= 15 is 0 Å². The second-order valence-electron chi connectivity index (χ2n) is 21.8. The van der Waals surface area contributed by atoms with Crippen molar-refractivity contribution in [3.05, 3.63) is 113 Å². The highest BCUT2D eigenvalue weighted by Crippen LogP contribution is 2.40. The summed E-state index contributed by atoms with van der Waals surface area (Å²) in [6.07, 6.45) is 3.35. The minimum Gasteiger partial charge on any atom is -0.496 e. The maximum absolute atomic E-state index is 14.8. The Morgan fingerprint density at radius 2 is 1.10 bits per heavy atom. The lowest BCUT2D eigenvalue weighted by atomic mass is 9.98. The highest BCUT2D eigenvalue weighted by atomic mass is 79.9. The SMILES string of the molecule is C.CCOC(=O)c1cn([C@H](CO[Si](C)(C)C(C)(C)C)C(C)C)c2cc(OC)c(Br)cc2c1=O.CCOC(=O)c1cn([C@H](CO[Si](C)(C)C(C)(C)C)C(C)C)c2cc(OC)c(Cc3cccc(Cl)c3F)cc2c1=O. The maximum atomic E-state index is 14.8. The van der Waals surface area contributed by atoms with Crippen molar-refractivity contribution >= 4 is 77.9 Å². The molecular weight excluding hydrogens is 1050 g/mol. The van der Waals surface area contributed by atoms with E-state index in [2.05, 4.69) is 111 Å². The van der Waals surface area contributed by atoms with E-state index in [0.29, 0.717) is 62.1 Å². The van der Waals surface area contributed by atoms with Crippen molar-refractivity contribution in [1.29, 1.82) is 0 Å². The molecule has 3 aromatic carbocycles. The van der Waals surface area contributed by atoms with Gasteiger partial charge in [-0.1, -0.05) is 100 Å². The molecule has 0 unspecified atom stereocenters. The number of hydrogen-bond acceptors (Lipinski definition) is 10. The van der Waals surface area contributed by atoms with E-state index in [1.54, 1.807) is 63.7 Å². The van der Waals surface area contributed by atoms with Crippen LogP contribution in [0.3, 0.4) is 0 Å². The van der Waals surface area contributed by atoms with Gasteiger partial charge in [0.15, 0.2) is 16.6 Å². The molecule has 2 atom stereocenters. The van der Waals surface area contributed by atoms with Crippen LogP contribution in [0.15, 0.2) is 68.9 Å². The van der Waals surface area contributed by atoms with Gasteiger partial charge in [0, 0.05) is 41.7 Å². The van der Waals surface area contributed by atoms with Gasteiger partial charge in [0.05, 0.1) is 73.3 Å². The van der Waals surface area contributed by atoms with Crippen LogP contribution in [0.25, 0.3) is 21.8 Å². The second-order valence-corrected chi connectivity index (χ2v) is 32.7. The number of halogens is 3. The van der Waals surface area contributed by atoms with Crippen LogP contribution in [0.1, 0.15) is 134 Å². The highest BCUT2D eigenvalue weighted by molar-refractivity contribution is 9.10. The molecular formula is C56H81BrClFN2O10Si2. The number of benzene rings is 3. The van der Waals surface area contributed by atoms with Crippen molar-refractivity contribution in [3.8, 4) is 11.5 Å². The molecule has 12 nitrogen and oxygen atoms in total. The van der Waals surface area contributed by atoms with E-state index in [1.807, 2.05) is 15.2 Å². The first kappa shape index (κ1) is 63.0. The molecule has 0 aliphatic heterocycles. The average molecular weight is 1130 g/mol. The second kappa shape index (κ2) is 25.5. The lowest BCUT2D eigenvalue weighted by Crippen LogP contribution is -2.42. The molecule has 17 heteroatoms. The molecule has 0 bridgehead atoms. The predicted octanol–water partition coefficient (Wildman–Crippen LogP) is 14.6. The Balaban J connectivity index is 0.000000390. The van der Waals surface area contributed by atoms with Crippen molar-refractivity contribution < 1.29 is 41.8 Å². The quantitative estimate of drug-likeness (QED) is 0.0617. The van der Waals surface area contributed by atoms with Crippen LogP contribution in [0.4, 0.5) is 4.39 Å². The molecule has 5 aromatic rings. The molecule has 404 valence electrons. The molecule has 73 heavy (non-hydrogen) atoms. The zero-order valence-electron chi connectivity index (χ0n) is 45.7. The van der Waals surface area contributed by atoms with Crippen LogP contribution in [0, 0.1) is 17.7 Å². The summed E-state index contributed by atoms with van der Waals surface area (Å²) >= 11 is 9.48. The van der Waals surface area contributed by atoms with Gasteiger partial charge in [0.2, 0.25) is 10.9 Å². The number of pyridine rings is 2. The lowest BCUT2D eigenvalue weighted by Gasteiger charge is -2.38. The third-order valence-electron chi connectivity index (χ3n) is 14.2. The summed E-state index contributed by atoms with van der Waals surface area (Å²) in [5.74, 6) is -0.417. The molecule has 0 amide bonds. The Morgan fingerprint density at radius 1 is 0.685 bits per heavy atom. The molecule has 0 aliphatic carbocycles. The summed E-state index contributed by atoms with van der Waals surface area (Å²) in [5, 5.41) is 0.863. The average Bonchev–Trinajstić information content (AvgIpc) is 3.28. The van der Waals surface area contributed by atoms with E-state index in [0.717, 1.165) is 0 Å². The van der Waals surface area contributed by atoms with Crippen molar-refractivity contribution in [3.63, 3.8) is 0 Å². The molecule has 0 saturated heterocycles. The Morgan fingerprint density at radius 3 is 1.48 bits per heavy atom. The summed E-state index contributed by atoms with van der Waals surface area (Å²) in [5.41, 5.74) is 1.42. The molecule has 0 N–H and O–H groups in total. The van der Waals surface area contributed by atoms with Gasteiger partial charge in [-0.2, -0.15) is 0 Å². The van der Waals surface area contributed by atoms with Gasteiger partial charge < -0.3 is 36.9 Å². The van der Waals surface area contributed by atoms with E-state index in [-0.39, 0.29) is 82.6 Å². The standard InChI is InChI=1S/C31H41ClFNO5Si.C24H36BrNO5Si.CH4/c1-10-38-30(36)23-17-34(26(19(2)3)18-39-40(8,9)31(4,5)6)25-16-27(37-7)21(15-22(25)29(23)35)14-20-12-11-13-24(32)28(20)33;1-10-30-23(28)17-13-26(19-12-21(29-7)18(25)11-16(19)22(17)27)20(15(2)3)14-31-32(8,9)24(4,5)6;/h11-13,15-17,19,26H,10,14,18H2,1-9H3;11-13,15,20H,10,14H2,1-9H3;1H4/t26-;20-;/m11./s1. The number of fused-ring (bicyclic) bond motifs is 2. The number of esters is 2. The van der Waals surface area contributed by atoms with E-state index in [9.17, 15) is 23.6 Å². The van der Waals surface area contributed by atoms with Crippen LogP contribution in [-0.4, -0.2) is 78.4 Å². The van der Waals surface area contributed by atoms with Gasteiger partial charge in [-0.25, -0.2) is 14.0 Å². The van der Waals surface area contributed by atoms with Gasteiger partial charge in [-0.15, -0.1) is 0 Å². The number of methoxy groups -OCH3 is 2. The summed E-state index contributed by atoms with van der Waals surface area (Å²) in [4.78, 5) is 52.4. The fourth-order valence-corrected chi connectivity index (χ4v) is 10.4. The van der Waals surface area contributed by atoms with E-state index in [4.69, 9.17) is 39.4 Å². The minimum atomic E-state index is -2.09. The summed E-state index contributed by atoms with van der Waals surface area (Å²) in [6.45, 7) is 35.1. The largest absolute Gasteiger partial charge is 0.496 e. The number of carbonyl (C=O) groups excluding carboxylic acids is 2. The number of carbonyl (C=O) groups is 2. The van der Waals surface area contributed by atoms with E-state index in [1.165, 1.54) is 13.2 Å². The molecule has 0 spiro atoms. The van der Waals surface area contributed by atoms with Gasteiger partial charge in [-0.3, -0.25) is 9.59 Å². The Bertz CT molecular complexity index is 2870. The Hall–Kier alpha value is -4.33. The van der Waals surface area contributed by atoms with Gasteiger partial charge in [0.25, 0.3) is 0 Å². The zero-order valence-corrected chi connectivity index (χ0v) is 50.0. The molecule has 2 aromatic heterocycles. The van der Waals surface area contributed by atoms with Gasteiger partial charge in [-0.05, 0) is 107 Å². The van der Waals surface area contributed by atoms with Crippen LogP contribution in [0.5, 0.6) is 11.5 Å². The summed E-state index contributed by atoms with van der Waals surface area (Å²) < 4.78 is 54.2. The number of ether oxygens (including phenoxy) is 4. The Kier molecular flexibility index (Phi) is 22.0. The first-order chi connectivity index (χ1) is 33.4. The summed E-state index contributed by atoms with van der Waals surface area (Å²) in [6, 6.07) is 11.5. The predicted molar refractivity (Wildman–Crippen MR) is 304 cm³/mol. The molecule has 0 saturated carbocycles. The van der Waals surface area contributed by atoms with Gasteiger partial charge in [0.1, 0.15) is 28.4 Å². The molecule has 0 aliphatic rings. The first-order valence-corrected chi connectivity index (χ1v) is 31.6. The van der Waals surface area contributed by atoms with Crippen molar-refractivity contribution in [2.45, 2.75) is 145 Å². The normalized spacial score (nSPS) is 13.1. The third kappa shape index (κ3) is 14.5. The zero-order chi connectivity index (χ0) is 54.4. The minimum absolute atomic E-state index is 0. The van der Waals surface area contributed by atoms with Crippen LogP contribution < -0.4 is 20.3 Å². The molecule has 2 heterocycles. The summed E-state index contributed by atoms with van der Waals surface area (Å²) in [7, 11) is -0.967. The molecule has 5 rings (SSSR count). The number of hydrogen-bond donors (Lipinski definition) is 0. The topological polar surface area (TPSA) is 134 Å². The van der Waals surface area contributed by atoms with Gasteiger partial charge >= 0.3 is 11.9 Å². The smallest absolute Gasteiger partial charge is 0.343 e. The number of aromatic nitrogens is 2. The fourth-order valence-electron chi connectivity index (χ4n) is 7.61. The Labute approximate surface area is 448 Å². The maximum Gasteiger partial charge on any atom is 0.343 e. The molecule has 0 radical (unpaired) electrons. The first-order valence-electron chi connectivity index (χ1n) is 24.6. The molecule has 0 fully saturated rings. The lowest BCUT2D eigenvalue weighted by molar-refractivity contribution is 0.0514. The van der Waals surface area contributed by atoms with E-state index < -0.39 is 39.8 Å². The van der Waals surface area contributed by atoms with Crippen LogP contribution in [-0.2, 0) is 24.7 Å². The number of nitrogens with zero attached hydrogens (tertiary/aromatic N) is 2. The van der Waals surface area contributed by atoms with Crippen LogP contribution in [0.2, 0.25) is 41.3 Å². The fraction of sp³-hybridized carbons (Fsp3) is 0.536. The van der Waals surface area contributed by atoms with Crippen molar-refractivity contribution in [2.75, 3.05) is 40.6 Å². The monoisotopic (exact) mass is 1130 g/mol. The highest BCUT2D eigenvalue weighted by Gasteiger charge is 2.39. The number of rotatable bonds is 18. The van der Waals surface area contributed by atoms with Crippen LogP contribution >= 0.6 is 27.5 Å². The van der Waals surface area contributed by atoms with Crippen molar-refractivity contribution in [2.24, 2.45) is 11.8 Å². The third-order valence-corrected chi connectivity index (χ3v) is 24.2. The van der Waals surface area contributed by atoms with Crippen molar-refractivity contribution in [1.82, 2.24) is 9.13 Å².